The van der Waals surface area contributed by atoms with E-state index in [-0.39, 0.29) is 0 Å². The van der Waals surface area contributed by atoms with Crippen LogP contribution in [0.1, 0.15) is 22.4 Å². The fourth-order valence-electron chi connectivity index (χ4n) is 2.77. The number of hydrogen-bond acceptors (Lipinski definition) is 5. The molecule has 1 N–H and O–H groups in total. The standard InChI is InChI=1S/C16H12F2N4S/c17-11-5-4-9(6-12(11)18)7-21-22-15-14-10-2-1-3-13(10)23-16(14)20-8-19-15/h4-8H,1-3H2,(H,19,20,22)/b21-7-. The van der Waals surface area contributed by atoms with E-state index in [0.717, 1.165) is 41.6 Å². The zero-order valence-corrected chi connectivity index (χ0v) is 12.8. The number of halogens is 2. The Hall–Kier alpha value is -2.41. The minimum Gasteiger partial charge on any atom is -0.261 e. The molecule has 2 heterocycles. The first-order valence-electron chi connectivity index (χ1n) is 7.22. The quantitative estimate of drug-likeness (QED) is 0.585. The maximum Gasteiger partial charge on any atom is 0.159 e. The van der Waals surface area contributed by atoms with Crippen molar-refractivity contribution in [2.24, 2.45) is 5.10 Å². The highest BCUT2D eigenvalue weighted by atomic mass is 32.1. The number of thiophene rings is 1. The summed E-state index contributed by atoms with van der Waals surface area (Å²) in [6.45, 7) is 0. The number of fused-ring (bicyclic) bond motifs is 3. The third kappa shape index (κ3) is 2.57. The number of aryl methyl sites for hydroxylation is 2. The second-order valence-corrected chi connectivity index (χ2v) is 6.39. The number of nitrogens with zero attached hydrogens (tertiary/aromatic N) is 3. The Labute approximate surface area is 134 Å². The summed E-state index contributed by atoms with van der Waals surface area (Å²) in [6.07, 6.45) is 6.22. The van der Waals surface area contributed by atoms with Gasteiger partial charge in [0, 0.05) is 4.88 Å². The number of rotatable bonds is 3. The molecule has 1 aliphatic carbocycles. The van der Waals surface area contributed by atoms with Crippen LogP contribution in [0.3, 0.4) is 0 Å². The van der Waals surface area contributed by atoms with E-state index in [1.54, 1.807) is 11.3 Å². The normalized spacial score (nSPS) is 13.8. The first-order valence-corrected chi connectivity index (χ1v) is 8.03. The van der Waals surface area contributed by atoms with Gasteiger partial charge in [-0.2, -0.15) is 5.10 Å². The van der Waals surface area contributed by atoms with Gasteiger partial charge in [0.15, 0.2) is 17.5 Å². The lowest BCUT2D eigenvalue weighted by Crippen LogP contribution is -1.96. The van der Waals surface area contributed by atoms with E-state index in [9.17, 15) is 8.78 Å². The highest BCUT2D eigenvalue weighted by molar-refractivity contribution is 7.19. The van der Waals surface area contributed by atoms with Crippen LogP contribution in [0.5, 0.6) is 0 Å². The Morgan fingerprint density at radius 1 is 1.17 bits per heavy atom. The van der Waals surface area contributed by atoms with Gasteiger partial charge in [0.25, 0.3) is 0 Å². The molecule has 7 heteroatoms. The average Bonchev–Trinajstić information content (AvgIpc) is 3.11. The highest BCUT2D eigenvalue weighted by Gasteiger charge is 2.20. The maximum absolute atomic E-state index is 13.2. The Kier molecular flexibility index (Phi) is 3.49. The summed E-state index contributed by atoms with van der Waals surface area (Å²) in [6, 6.07) is 3.63. The summed E-state index contributed by atoms with van der Waals surface area (Å²) in [5.41, 5.74) is 4.67. The van der Waals surface area contributed by atoms with Crippen molar-refractivity contribution in [3.05, 3.63) is 52.2 Å². The van der Waals surface area contributed by atoms with Crippen LogP contribution in [0.25, 0.3) is 10.2 Å². The van der Waals surface area contributed by atoms with Gasteiger partial charge < -0.3 is 0 Å². The number of hydrazone groups is 1. The Morgan fingerprint density at radius 2 is 2.09 bits per heavy atom. The highest BCUT2D eigenvalue weighted by Crippen LogP contribution is 2.38. The van der Waals surface area contributed by atoms with E-state index in [0.29, 0.717) is 11.4 Å². The van der Waals surface area contributed by atoms with Gasteiger partial charge in [0.1, 0.15) is 11.2 Å². The maximum atomic E-state index is 13.2. The lowest BCUT2D eigenvalue weighted by Gasteiger charge is -2.02. The Morgan fingerprint density at radius 3 is 2.96 bits per heavy atom. The van der Waals surface area contributed by atoms with Crippen molar-refractivity contribution in [1.82, 2.24) is 9.97 Å². The summed E-state index contributed by atoms with van der Waals surface area (Å²) in [4.78, 5) is 10.9. The van der Waals surface area contributed by atoms with Crippen LogP contribution in [-0.2, 0) is 12.8 Å². The smallest absolute Gasteiger partial charge is 0.159 e. The molecule has 0 saturated heterocycles. The first kappa shape index (κ1) is 14.2. The molecule has 0 spiro atoms. The minimum atomic E-state index is -0.894. The largest absolute Gasteiger partial charge is 0.261 e. The molecule has 0 unspecified atom stereocenters. The van der Waals surface area contributed by atoms with E-state index >= 15 is 0 Å². The van der Waals surface area contributed by atoms with Gasteiger partial charge in [0.05, 0.1) is 11.6 Å². The first-order chi connectivity index (χ1) is 11.2. The van der Waals surface area contributed by atoms with Gasteiger partial charge >= 0.3 is 0 Å². The molecule has 4 nitrogen and oxygen atoms in total. The fourth-order valence-corrected chi connectivity index (χ4v) is 4.00. The van der Waals surface area contributed by atoms with Gasteiger partial charge in [-0.15, -0.1) is 11.3 Å². The lowest BCUT2D eigenvalue weighted by atomic mass is 10.2. The molecule has 0 amide bonds. The minimum absolute atomic E-state index is 0.470. The summed E-state index contributed by atoms with van der Waals surface area (Å²) in [7, 11) is 0. The fraction of sp³-hybridized carbons (Fsp3) is 0.188. The molecule has 0 aliphatic heterocycles. The van der Waals surface area contributed by atoms with E-state index in [1.807, 2.05) is 0 Å². The van der Waals surface area contributed by atoms with Gasteiger partial charge in [-0.25, -0.2) is 18.7 Å². The van der Waals surface area contributed by atoms with Crippen molar-refractivity contribution in [1.29, 1.82) is 0 Å². The van der Waals surface area contributed by atoms with Crippen LogP contribution < -0.4 is 5.43 Å². The number of nitrogens with one attached hydrogen (secondary N) is 1. The molecule has 0 bridgehead atoms. The molecule has 2 aromatic heterocycles. The number of aromatic nitrogens is 2. The van der Waals surface area contributed by atoms with Crippen LogP contribution in [0.2, 0.25) is 0 Å². The van der Waals surface area contributed by atoms with Crippen molar-refractivity contribution >= 4 is 33.6 Å². The van der Waals surface area contributed by atoms with Crippen LogP contribution in [0, 0.1) is 11.6 Å². The SMILES string of the molecule is Fc1ccc(/C=N\Nc2ncnc3sc4c(c23)CCC4)cc1F. The number of anilines is 1. The van der Waals surface area contributed by atoms with Crippen molar-refractivity contribution in [2.45, 2.75) is 19.3 Å². The third-order valence-electron chi connectivity index (χ3n) is 3.83. The predicted octanol–water partition coefficient (Wildman–Crippen LogP) is 3.90. The van der Waals surface area contributed by atoms with Crippen molar-refractivity contribution in [3.8, 4) is 0 Å². The topological polar surface area (TPSA) is 50.2 Å². The zero-order valence-electron chi connectivity index (χ0n) is 12.0. The van der Waals surface area contributed by atoms with E-state index in [1.165, 1.54) is 29.0 Å². The Bertz CT molecular complexity index is 920. The molecule has 23 heavy (non-hydrogen) atoms. The van der Waals surface area contributed by atoms with E-state index in [4.69, 9.17) is 0 Å². The van der Waals surface area contributed by atoms with Crippen LogP contribution in [-0.4, -0.2) is 16.2 Å². The summed E-state index contributed by atoms with van der Waals surface area (Å²) in [5, 5.41) is 5.11. The van der Waals surface area contributed by atoms with Gasteiger partial charge in [0.2, 0.25) is 0 Å². The molecular formula is C16H12F2N4S. The van der Waals surface area contributed by atoms with Crippen LogP contribution in [0.15, 0.2) is 29.6 Å². The molecule has 0 saturated carbocycles. The zero-order chi connectivity index (χ0) is 15.8. The molecule has 3 aromatic rings. The monoisotopic (exact) mass is 330 g/mol. The second kappa shape index (κ2) is 5.66. The molecule has 0 fully saturated rings. The molecule has 0 radical (unpaired) electrons. The molecule has 1 aliphatic rings. The lowest BCUT2D eigenvalue weighted by molar-refractivity contribution is 0.508. The molecular weight excluding hydrogens is 318 g/mol. The number of hydrogen-bond donors (Lipinski definition) is 1. The molecule has 1 aromatic carbocycles. The third-order valence-corrected chi connectivity index (χ3v) is 5.03. The predicted molar refractivity (Wildman–Crippen MR) is 87.0 cm³/mol. The Balaban J connectivity index is 1.63. The number of benzene rings is 1. The van der Waals surface area contributed by atoms with E-state index < -0.39 is 11.6 Å². The van der Waals surface area contributed by atoms with Crippen molar-refractivity contribution < 1.29 is 8.78 Å². The summed E-state index contributed by atoms with van der Waals surface area (Å²) in [5.74, 6) is -1.12. The average molecular weight is 330 g/mol. The molecule has 4 rings (SSSR count). The van der Waals surface area contributed by atoms with Gasteiger partial charge in [-0.1, -0.05) is 6.07 Å². The van der Waals surface area contributed by atoms with Gasteiger partial charge in [-0.3, -0.25) is 5.43 Å². The van der Waals surface area contributed by atoms with Crippen LogP contribution in [0.4, 0.5) is 14.6 Å². The van der Waals surface area contributed by atoms with E-state index in [2.05, 4.69) is 20.5 Å². The summed E-state index contributed by atoms with van der Waals surface area (Å²) >= 11 is 1.70. The molecule has 116 valence electrons. The van der Waals surface area contributed by atoms with Crippen LogP contribution >= 0.6 is 11.3 Å². The van der Waals surface area contributed by atoms with Crippen molar-refractivity contribution in [3.63, 3.8) is 0 Å². The van der Waals surface area contributed by atoms with Crippen molar-refractivity contribution in [2.75, 3.05) is 5.43 Å². The van der Waals surface area contributed by atoms with Gasteiger partial charge in [-0.05, 0) is 42.5 Å². The summed E-state index contributed by atoms with van der Waals surface area (Å²) < 4.78 is 26.1. The molecule has 0 atom stereocenters. The second-order valence-electron chi connectivity index (χ2n) is 5.30.